The van der Waals surface area contributed by atoms with E-state index in [1.165, 1.54) is 19.1 Å². The number of hydrogen-bond donors (Lipinski definition) is 0. The summed E-state index contributed by atoms with van der Waals surface area (Å²) >= 11 is 0. The Morgan fingerprint density at radius 2 is 2.10 bits per heavy atom. The van der Waals surface area contributed by atoms with E-state index in [1.54, 1.807) is 0 Å². The summed E-state index contributed by atoms with van der Waals surface area (Å²) < 4.78 is 36.8. The first-order valence-corrected chi connectivity index (χ1v) is 5.23. The van der Waals surface area contributed by atoms with Crippen molar-refractivity contribution in [3.8, 4) is 0 Å². The molecule has 0 amide bonds. The van der Waals surface area contributed by atoms with Crippen LogP contribution in [0.2, 0.25) is 0 Å². The van der Waals surface area contributed by atoms with Gasteiger partial charge in [0.05, 0.1) is 10.6 Å². The summed E-state index contributed by atoms with van der Waals surface area (Å²) in [5.74, 6) is -1.35. The molecule has 0 radical (unpaired) electrons. The molecule has 0 aromatic carbocycles. The molecule has 8 nitrogen and oxygen atoms in total. The highest BCUT2D eigenvalue weighted by molar-refractivity contribution is 5.35. The fourth-order valence-electron chi connectivity index (χ4n) is 1.46. The Morgan fingerprint density at radius 3 is 2.60 bits per heavy atom. The summed E-state index contributed by atoms with van der Waals surface area (Å²) in [6, 6.07) is 2.54. The van der Waals surface area contributed by atoms with E-state index in [4.69, 9.17) is 0 Å². The zero-order chi connectivity index (χ0) is 14.9. The molecule has 0 saturated heterocycles. The minimum absolute atomic E-state index is 0.156. The molecule has 0 aliphatic heterocycles. The number of alkyl halides is 3. The normalized spacial score (nSPS) is 11.6. The smallest absolute Gasteiger partial charge is 0.258 e. The molecule has 0 spiro atoms. The zero-order valence-corrected chi connectivity index (χ0v) is 10.00. The van der Waals surface area contributed by atoms with Crippen molar-refractivity contribution in [3.05, 3.63) is 39.5 Å². The third-order valence-corrected chi connectivity index (χ3v) is 2.32. The number of nitro groups is 1. The van der Waals surface area contributed by atoms with Gasteiger partial charge in [-0.1, -0.05) is 0 Å². The maximum atomic E-state index is 12.3. The molecule has 106 valence electrons. The molecule has 0 unspecified atom stereocenters. The second kappa shape index (κ2) is 4.83. The second-order valence-corrected chi connectivity index (χ2v) is 3.81. The first-order chi connectivity index (χ1) is 9.27. The summed E-state index contributed by atoms with van der Waals surface area (Å²) in [6.07, 6.45) is -4.67. The van der Waals surface area contributed by atoms with E-state index < -0.39 is 16.9 Å². The Balaban J connectivity index is 2.20. The quantitative estimate of drug-likeness (QED) is 0.624. The van der Waals surface area contributed by atoms with Crippen molar-refractivity contribution in [1.82, 2.24) is 25.2 Å². The number of aromatic nitrogens is 5. The van der Waals surface area contributed by atoms with Crippen LogP contribution in [0.15, 0.2) is 12.1 Å². The van der Waals surface area contributed by atoms with Gasteiger partial charge in [0.25, 0.3) is 11.5 Å². The van der Waals surface area contributed by atoms with Crippen LogP contribution in [-0.2, 0) is 12.7 Å². The van der Waals surface area contributed by atoms with Crippen LogP contribution in [-0.4, -0.2) is 30.1 Å². The predicted molar refractivity (Wildman–Crippen MR) is 57.5 cm³/mol. The van der Waals surface area contributed by atoms with Gasteiger partial charge < -0.3 is 0 Å². The minimum Gasteiger partial charge on any atom is -0.258 e. The predicted octanol–water partition coefficient (Wildman–Crippen LogP) is 1.35. The van der Waals surface area contributed by atoms with Crippen molar-refractivity contribution >= 4 is 5.69 Å². The Bertz CT molecular complexity index is 653. The maximum Gasteiger partial charge on any atom is 0.455 e. The van der Waals surface area contributed by atoms with Crippen molar-refractivity contribution in [2.75, 3.05) is 0 Å². The van der Waals surface area contributed by atoms with Gasteiger partial charge in [-0.2, -0.15) is 18.0 Å². The molecule has 2 aromatic rings. The summed E-state index contributed by atoms with van der Waals surface area (Å²) in [5, 5.41) is 19.9. The minimum atomic E-state index is -4.67. The number of halogens is 3. The van der Waals surface area contributed by atoms with Crippen molar-refractivity contribution in [2.45, 2.75) is 19.6 Å². The number of rotatable bonds is 3. The van der Waals surface area contributed by atoms with Crippen LogP contribution in [0.1, 0.15) is 17.2 Å². The standard InChI is InChI=1S/C9H7F3N6O2/c1-5-7(18(19)20)3-2-6(13-5)4-17-15-8(14-16-17)9(10,11)12/h2-3H,4H2,1H3. The molecule has 0 aliphatic rings. The zero-order valence-electron chi connectivity index (χ0n) is 10.00. The van der Waals surface area contributed by atoms with Gasteiger partial charge in [0.2, 0.25) is 0 Å². The molecule has 2 aromatic heterocycles. The van der Waals surface area contributed by atoms with Crippen molar-refractivity contribution in [3.63, 3.8) is 0 Å². The van der Waals surface area contributed by atoms with E-state index in [0.29, 0.717) is 5.69 Å². The van der Waals surface area contributed by atoms with Gasteiger partial charge in [-0.05, 0) is 18.2 Å². The van der Waals surface area contributed by atoms with Crippen LogP contribution in [0, 0.1) is 17.0 Å². The number of pyridine rings is 1. The highest BCUT2D eigenvalue weighted by atomic mass is 19.4. The van der Waals surface area contributed by atoms with Crippen LogP contribution in [0.3, 0.4) is 0 Å². The Kier molecular flexibility index (Phi) is 3.34. The number of hydrogen-bond acceptors (Lipinski definition) is 6. The lowest BCUT2D eigenvalue weighted by Crippen LogP contribution is -2.10. The highest BCUT2D eigenvalue weighted by Crippen LogP contribution is 2.25. The summed E-state index contributed by atoms with van der Waals surface area (Å²) in [5.41, 5.74) is 0.277. The SMILES string of the molecule is Cc1nc(Cn2nnc(C(F)(F)F)n2)ccc1[N+](=O)[O-]. The molecule has 2 heterocycles. The van der Waals surface area contributed by atoms with E-state index in [2.05, 4.69) is 20.4 Å². The van der Waals surface area contributed by atoms with Crippen LogP contribution >= 0.6 is 0 Å². The maximum absolute atomic E-state index is 12.3. The summed E-state index contributed by atoms with van der Waals surface area (Å²) in [7, 11) is 0. The molecular weight excluding hydrogens is 281 g/mol. The average molecular weight is 288 g/mol. The number of nitrogens with zero attached hydrogens (tertiary/aromatic N) is 6. The van der Waals surface area contributed by atoms with Crippen LogP contribution in [0.4, 0.5) is 18.9 Å². The Labute approximate surface area is 109 Å². The van der Waals surface area contributed by atoms with Gasteiger partial charge in [-0.3, -0.25) is 10.1 Å². The lowest BCUT2D eigenvalue weighted by Gasteiger charge is -2.01. The molecule has 0 fully saturated rings. The molecule has 0 N–H and O–H groups in total. The Morgan fingerprint density at radius 1 is 1.40 bits per heavy atom. The van der Waals surface area contributed by atoms with E-state index in [1.807, 2.05) is 0 Å². The third kappa shape index (κ3) is 2.87. The molecule has 2 rings (SSSR count). The van der Waals surface area contributed by atoms with E-state index in [0.717, 1.165) is 4.80 Å². The molecule has 20 heavy (non-hydrogen) atoms. The second-order valence-electron chi connectivity index (χ2n) is 3.81. The van der Waals surface area contributed by atoms with E-state index >= 15 is 0 Å². The lowest BCUT2D eigenvalue weighted by molar-refractivity contribution is -0.385. The first kappa shape index (κ1) is 13.8. The van der Waals surface area contributed by atoms with Gasteiger partial charge in [0.1, 0.15) is 12.2 Å². The summed E-state index contributed by atoms with van der Waals surface area (Å²) in [6.45, 7) is 1.26. The van der Waals surface area contributed by atoms with E-state index in [-0.39, 0.29) is 17.9 Å². The molecule has 0 atom stereocenters. The number of tetrazole rings is 1. The van der Waals surface area contributed by atoms with Crippen molar-refractivity contribution < 1.29 is 18.1 Å². The van der Waals surface area contributed by atoms with Crippen molar-refractivity contribution in [1.29, 1.82) is 0 Å². The van der Waals surface area contributed by atoms with Gasteiger partial charge in [-0.25, -0.2) is 4.98 Å². The summed E-state index contributed by atoms with van der Waals surface area (Å²) in [4.78, 5) is 14.6. The third-order valence-electron chi connectivity index (χ3n) is 2.32. The molecule has 0 bridgehead atoms. The largest absolute Gasteiger partial charge is 0.455 e. The topological polar surface area (TPSA) is 99.6 Å². The average Bonchev–Trinajstić information content (AvgIpc) is 2.76. The van der Waals surface area contributed by atoms with Crippen LogP contribution in [0.25, 0.3) is 0 Å². The van der Waals surface area contributed by atoms with Crippen LogP contribution < -0.4 is 0 Å². The van der Waals surface area contributed by atoms with Gasteiger partial charge in [0.15, 0.2) is 0 Å². The monoisotopic (exact) mass is 288 g/mol. The molecule has 0 aliphatic carbocycles. The van der Waals surface area contributed by atoms with Crippen LogP contribution in [0.5, 0.6) is 0 Å². The van der Waals surface area contributed by atoms with Gasteiger partial charge in [0, 0.05) is 6.07 Å². The van der Waals surface area contributed by atoms with Gasteiger partial charge in [-0.15, -0.1) is 10.2 Å². The Hall–Kier alpha value is -2.59. The lowest BCUT2D eigenvalue weighted by atomic mass is 10.2. The fraction of sp³-hybridized carbons (Fsp3) is 0.333. The first-order valence-electron chi connectivity index (χ1n) is 5.23. The van der Waals surface area contributed by atoms with Gasteiger partial charge >= 0.3 is 6.18 Å². The molecule has 11 heteroatoms. The number of aryl methyl sites for hydroxylation is 1. The fourth-order valence-corrected chi connectivity index (χ4v) is 1.46. The highest BCUT2D eigenvalue weighted by Gasteiger charge is 2.36. The van der Waals surface area contributed by atoms with Crippen molar-refractivity contribution in [2.24, 2.45) is 0 Å². The molecular formula is C9H7F3N6O2. The van der Waals surface area contributed by atoms with E-state index in [9.17, 15) is 23.3 Å². The molecule has 0 saturated carbocycles.